The Morgan fingerprint density at radius 1 is 1.11 bits per heavy atom. The Bertz CT molecular complexity index is 556. The van der Waals surface area contributed by atoms with Crippen molar-refractivity contribution in [2.24, 2.45) is 0 Å². The van der Waals surface area contributed by atoms with Crippen LogP contribution in [-0.2, 0) is 0 Å². The molecule has 2 rings (SSSR count). The average Bonchev–Trinajstić information content (AvgIpc) is 2.41. The summed E-state index contributed by atoms with van der Waals surface area (Å²) in [7, 11) is 3.18. The SMILES string of the molecule is COc1cc(OC)cc(-c2ncc(Br)c(Cl)n2)c1. The second-order valence-corrected chi connectivity index (χ2v) is 4.65. The van der Waals surface area contributed by atoms with Crippen LogP contribution in [0.25, 0.3) is 11.4 Å². The van der Waals surface area contributed by atoms with Crippen molar-refractivity contribution in [1.82, 2.24) is 9.97 Å². The third-order valence-corrected chi connectivity index (χ3v) is 3.41. The summed E-state index contributed by atoms with van der Waals surface area (Å²) in [6.45, 7) is 0. The van der Waals surface area contributed by atoms with Crippen LogP contribution in [0.1, 0.15) is 0 Å². The lowest BCUT2D eigenvalue weighted by molar-refractivity contribution is 0.394. The monoisotopic (exact) mass is 328 g/mol. The van der Waals surface area contributed by atoms with Gasteiger partial charge in [0.05, 0.1) is 18.7 Å². The maximum absolute atomic E-state index is 5.95. The zero-order chi connectivity index (χ0) is 13.1. The Morgan fingerprint density at radius 2 is 1.72 bits per heavy atom. The predicted octanol–water partition coefficient (Wildman–Crippen LogP) is 3.58. The molecule has 0 spiro atoms. The summed E-state index contributed by atoms with van der Waals surface area (Å²) in [5, 5.41) is 0.363. The smallest absolute Gasteiger partial charge is 0.161 e. The molecule has 0 atom stereocenters. The Kier molecular flexibility index (Phi) is 4.04. The Hall–Kier alpha value is -1.33. The van der Waals surface area contributed by atoms with E-state index in [0.717, 1.165) is 5.56 Å². The van der Waals surface area contributed by atoms with Gasteiger partial charge in [-0.05, 0) is 28.1 Å². The molecule has 0 aliphatic rings. The van der Waals surface area contributed by atoms with Crippen molar-refractivity contribution >= 4 is 27.5 Å². The summed E-state index contributed by atoms with van der Waals surface area (Å²) in [5.41, 5.74) is 0.778. The summed E-state index contributed by atoms with van der Waals surface area (Å²) >= 11 is 9.20. The van der Waals surface area contributed by atoms with Crippen LogP contribution in [0.4, 0.5) is 0 Å². The normalized spacial score (nSPS) is 10.2. The van der Waals surface area contributed by atoms with E-state index in [-0.39, 0.29) is 0 Å². The lowest BCUT2D eigenvalue weighted by Crippen LogP contribution is -1.93. The predicted molar refractivity (Wildman–Crippen MR) is 73.3 cm³/mol. The van der Waals surface area contributed by atoms with Gasteiger partial charge in [0.2, 0.25) is 0 Å². The molecule has 0 aliphatic heterocycles. The molecule has 2 aromatic rings. The largest absolute Gasteiger partial charge is 0.497 e. The highest BCUT2D eigenvalue weighted by Gasteiger charge is 2.08. The second-order valence-electron chi connectivity index (χ2n) is 3.43. The maximum Gasteiger partial charge on any atom is 0.161 e. The summed E-state index contributed by atoms with van der Waals surface area (Å²) in [6.07, 6.45) is 1.61. The topological polar surface area (TPSA) is 44.2 Å². The number of halogens is 2. The van der Waals surface area contributed by atoms with Gasteiger partial charge in [0.15, 0.2) is 5.82 Å². The van der Waals surface area contributed by atoms with Crippen molar-refractivity contribution in [3.63, 3.8) is 0 Å². The summed E-state index contributed by atoms with van der Waals surface area (Å²) in [4.78, 5) is 8.40. The van der Waals surface area contributed by atoms with Crippen LogP contribution >= 0.6 is 27.5 Å². The van der Waals surface area contributed by atoms with Crippen molar-refractivity contribution < 1.29 is 9.47 Å². The molecule has 0 aliphatic carbocycles. The highest BCUT2D eigenvalue weighted by Crippen LogP contribution is 2.29. The van der Waals surface area contributed by atoms with Gasteiger partial charge in [0.1, 0.15) is 16.7 Å². The minimum atomic E-state index is 0.363. The molecule has 0 radical (unpaired) electrons. The highest BCUT2D eigenvalue weighted by molar-refractivity contribution is 9.10. The Labute approximate surface area is 118 Å². The van der Waals surface area contributed by atoms with Crippen molar-refractivity contribution in [1.29, 1.82) is 0 Å². The van der Waals surface area contributed by atoms with Gasteiger partial charge in [-0.2, -0.15) is 0 Å². The van der Waals surface area contributed by atoms with E-state index >= 15 is 0 Å². The standard InChI is InChI=1S/C12H10BrClN2O2/c1-17-8-3-7(4-9(5-8)18-2)12-15-6-10(13)11(14)16-12/h3-6H,1-2H3. The molecule has 4 nitrogen and oxygen atoms in total. The van der Waals surface area contributed by atoms with Crippen LogP contribution in [0.5, 0.6) is 11.5 Å². The second kappa shape index (κ2) is 5.54. The van der Waals surface area contributed by atoms with Crippen LogP contribution in [0.2, 0.25) is 5.15 Å². The molecule has 0 saturated heterocycles. The number of rotatable bonds is 3. The fourth-order valence-corrected chi connectivity index (χ4v) is 1.74. The molecular weight excluding hydrogens is 320 g/mol. The van der Waals surface area contributed by atoms with Crippen molar-refractivity contribution in [3.05, 3.63) is 34.0 Å². The van der Waals surface area contributed by atoms with Gasteiger partial charge in [-0.15, -0.1) is 0 Å². The minimum Gasteiger partial charge on any atom is -0.497 e. The molecule has 0 fully saturated rings. The van der Waals surface area contributed by atoms with Crippen molar-refractivity contribution in [3.8, 4) is 22.9 Å². The zero-order valence-corrected chi connectivity index (χ0v) is 12.1. The highest BCUT2D eigenvalue weighted by atomic mass is 79.9. The summed E-state index contributed by atoms with van der Waals surface area (Å²) in [5.74, 6) is 1.86. The minimum absolute atomic E-state index is 0.363. The molecule has 1 aromatic carbocycles. The number of hydrogen-bond acceptors (Lipinski definition) is 4. The summed E-state index contributed by atoms with van der Waals surface area (Å²) in [6, 6.07) is 5.42. The van der Waals surface area contributed by atoms with Crippen LogP contribution in [0, 0.1) is 0 Å². The van der Waals surface area contributed by atoms with E-state index in [1.807, 2.05) is 12.1 Å². The quantitative estimate of drug-likeness (QED) is 0.807. The van der Waals surface area contributed by atoms with E-state index in [1.165, 1.54) is 0 Å². The van der Waals surface area contributed by atoms with Gasteiger partial charge in [-0.1, -0.05) is 11.6 Å². The van der Waals surface area contributed by atoms with Gasteiger partial charge in [-0.3, -0.25) is 0 Å². The lowest BCUT2D eigenvalue weighted by atomic mass is 10.2. The first-order valence-electron chi connectivity index (χ1n) is 5.05. The molecule has 6 heteroatoms. The van der Waals surface area contributed by atoms with Crippen LogP contribution in [0.3, 0.4) is 0 Å². The maximum atomic E-state index is 5.95. The molecular formula is C12H10BrClN2O2. The van der Waals surface area contributed by atoms with Crippen LogP contribution < -0.4 is 9.47 Å². The fraction of sp³-hybridized carbons (Fsp3) is 0.167. The molecule has 18 heavy (non-hydrogen) atoms. The van der Waals surface area contributed by atoms with E-state index < -0.39 is 0 Å². The number of methoxy groups -OCH3 is 2. The molecule has 1 aromatic heterocycles. The van der Waals surface area contributed by atoms with Gasteiger partial charge in [0, 0.05) is 17.8 Å². The van der Waals surface area contributed by atoms with E-state index in [4.69, 9.17) is 21.1 Å². The number of aromatic nitrogens is 2. The van der Waals surface area contributed by atoms with Gasteiger partial charge in [-0.25, -0.2) is 9.97 Å². The number of hydrogen-bond donors (Lipinski definition) is 0. The lowest BCUT2D eigenvalue weighted by Gasteiger charge is -2.08. The van der Waals surface area contributed by atoms with E-state index in [0.29, 0.717) is 26.9 Å². The molecule has 1 heterocycles. The zero-order valence-electron chi connectivity index (χ0n) is 9.78. The summed E-state index contributed by atoms with van der Waals surface area (Å²) < 4.78 is 11.0. The third kappa shape index (κ3) is 2.73. The first-order valence-corrected chi connectivity index (χ1v) is 6.22. The van der Waals surface area contributed by atoms with E-state index in [1.54, 1.807) is 26.5 Å². The number of nitrogens with zero attached hydrogens (tertiary/aromatic N) is 2. The molecule has 0 amide bonds. The Balaban J connectivity index is 2.51. The van der Waals surface area contributed by atoms with Crippen LogP contribution in [0.15, 0.2) is 28.9 Å². The molecule has 0 N–H and O–H groups in total. The fourth-order valence-electron chi connectivity index (χ4n) is 1.42. The van der Waals surface area contributed by atoms with Gasteiger partial charge in [0.25, 0.3) is 0 Å². The van der Waals surface area contributed by atoms with Crippen molar-refractivity contribution in [2.75, 3.05) is 14.2 Å². The first-order chi connectivity index (χ1) is 8.63. The molecule has 0 unspecified atom stereocenters. The van der Waals surface area contributed by atoms with Gasteiger partial charge < -0.3 is 9.47 Å². The number of benzene rings is 1. The average molecular weight is 330 g/mol. The third-order valence-electron chi connectivity index (χ3n) is 2.31. The molecule has 0 saturated carbocycles. The molecule has 0 bridgehead atoms. The van der Waals surface area contributed by atoms with Crippen molar-refractivity contribution in [2.45, 2.75) is 0 Å². The Morgan fingerprint density at radius 3 is 2.22 bits per heavy atom. The number of ether oxygens (including phenoxy) is 2. The van der Waals surface area contributed by atoms with Crippen LogP contribution in [-0.4, -0.2) is 24.2 Å². The van der Waals surface area contributed by atoms with E-state index in [9.17, 15) is 0 Å². The first kappa shape index (κ1) is 13.1. The van der Waals surface area contributed by atoms with Gasteiger partial charge >= 0.3 is 0 Å². The molecule has 94 valence electrons. The van der Waals surface area contributed by atoms with E-state index in [2.05, 4.69) is 25.9 Å².